The van der Waals surface area contributed by atoms with Gasteiger partial charge in [0.05, 0.1) is 5.69 Å². The highest BCUT2D eigenvalue weighted by Crippen LogP contribution is 2.25. The van der Waals surface area contributed by atoms with Gasteiger partial charge >= 0.3 is 0 Å². The van der Waals surface area contributed by atoms with Crippen molar-refractivity contribution in [1.29, 1.82) is 0 Å². The Bertz CT molecular complexity index is 423. The van der Waals surface area contributed by atoms with Crippen LogP contribution in [-0.4, -0.2) is 5.24 Å². The van der Waals surface area contributed by atoms with Gasteiger partial charge in [0, 0.05) is 6.20 Å². The van der Waals surface area contributed by atoms with Crippen molar-refractivity contribution in [2.75, 3.05) is 4.90 Å². The summed E-state index contributed by atoms with van der Waals surface area (Å²) in [7, 11) is 0. The minimum Gasteiger partial charge on any atom is -0.278 e. The van der Waals surface area contributed by atoms with Gasteiger partial charge in [-0.05, 0) is 17.7 Å². The number of allylic oxidation sites excluding steroid dienone is 2. The molecule has 0 N–H and O–H groups in total. The van der Waals surface area contributed by atoms with E-state index in [4.69, 9.17) is 0 Å². The summed E-state index contributed by atoms with van der Waals surface area (Å²) in [4.78, 5) is 12.7. The molecule has 2 nitrogen and oxygen atoms in total. The van der Waals surface area contributed by atoms with Crippen LogP contribution >= 0.6 is 12.6 Å². The van der Waals surface area contributed by atoms with Crippen LogP contribution in [0, 0.1) is 0 Å². The molecular weight excluding hydrogens is 194 g/mol. The summed E-state index contributed by atoms with van der Waals surface area (Å²) in [5.74, 6) is 0. The summed E-state index contributed by atoms with van der Waals surface area (Å²) in [5.41, 5.74) is 1.87. The second-order valence-electron chi connectivity index (χ2n) is 2.91. The van der Waals surface area contributed by atoms with E-state index < -0.39 is 0 Å². The Morgan fingerprint density at radius 2 is 2.00 bits per heavy atom. The average molecular weight is 203 g/mol. The highest BCUT2D eigenvalue weighted by Gasteiger charge is 2.12. The molecule has 1 heterocycles. The molecular formula is C11H9NOS. The van der Waals surface area contributed by atoms with Gasteiger partial charge < -0.3 is 0 Å². The summed E-state index contributed by atoms with van der Waals surface area (Å²) in [6.07, 6.45) is 7.38. The largest absolute Gasteiger partial charge is 0.287 e. The fraction of sp³-hybridized carbons (Fsp3) is 0. The van der Waals surface area contributed by atoms with Crippen molar-refractivity contribution in [1.82, 2.24) is 0 Å². The summed E-state index contributed by atoms with van der Waals surface area (Å²) < 4.78 is 0. The lowest BCUT2D eigenvalue weighted by Gasteiger charge is -2.16. The maximum atomic E-state index is 11.2. The molecule has 1 amide bonds. The van der Waals surface area contributed by atoms with E-state index in [1.165, 1.54) is 4.90 Å². The third-order valence-corrected chi connectivity index (χ3v) is 2.24. The standard InChI is InChI=1S/C11H9NOS/c13-11(14)12-8-4-3-6-9-5-1-2-7-10(9)12/h1-8H,(H,13,14). The lowest BCUT2D eigenvalue weighted by atomic mass is 10.1. The molecule has 1 aliphatic heterocycles. The van der Waals surface area contributed by atoms with E-state index >= 15 is 0 Å². The molecule has 0 bridgehead atoms. The van der Waals surface area contributed by atoms with Crippen LogP contribution in [0.5, 0.6) is 0 Å². The molecule has 0 atom stereocenters. The first kappa shape index (κ1) is 9.09. The van der Waals surface area contributed by atoms with Gasteiger partial charge in [0.25, 0.3) is 5.24 Å². The predicted octanol–water partition coefficient (Wildman–Crippen LogP) is 3.08. The van der Waals surface area contributed by atoms with E-state index in [0.29, 0.717) is 0 Å². The molecule has 14 heavy (non-hydrogen) atoms. The van der Waals surface area contributed by atoms with Crippen LogP contribution in [0.25, 0.3) is 6.08 Å². The number of hydrogen-bond donors (Lipinski definition) is 1. The van der Waals surface area contributed by atoms with Crippen molar-refractivity contribution in [2.24, 2.45) is 0 Å². The van der Waals surface area contributed by atoms with Crippen molar-refractivity contribution in [3.05, 3.63) is 48.2 Å². The van der Waals surface area contributed by atoms with E-state index in [-0.39, 0.29) is 5.24 Å². The smallest absolute Gasteiger partial charge is 0.278 e. The molecule has 3 heteroatoms. The Labute approximate surface area is 87.9 Å². The summed E-state index contributed by atoms with van der Waals surface area (Å²) in [6, 6.07) is 7.69. The van der Waals surface area contributed by atoms with Crippen molar-refractivity contribution >= 4 is 29.6 Å². The maximum absolute atomic E-state index is 11.2. The first-order valence-electron chi connectivity index (χ1n) is 4.25. The number of thiol groups is 1. The molecule has 0 unspecified atom stereocenters. The fourth-order valence-corrected chi connectivity index (χ4v) is 1.56. The monoisotopic (exact) mass is 203 g/mol. The molecule has 0 saturated carbocycles. The van der Waals surface area contributed by atoms with Crippen LogP contribution in [0.3, 0.4) is 0 Å². The van der Waals surface area contributed by atoms with Gasteiger partial charge in [-0.2, -0.15) is 0 Å². The molecule has 2 rings (SSSR count). The van der Waals surface area contributed by atoms with Gasteiger partial charge in [0.2, 0.25) is 0 Å². The number of amides is 1. The van der Waals surface area contributed by atoms with Crippen molar-refractivity contribution in [3.63, 3.8) is 0 Å². The molecule has 1 aromatic rings. The Balaban J connectivity index is 2.55. The van der Waals surface area contributed by atoms with Crippen molar-refractivity contribution in [3.8, 4) is 0 Å². The normalized spacial score (nSPS) is 13.6. The van der Waals surface area contributed by atoms with Crippen LogP contribution in [0.4, 0.5) is 10.5 Å². The predicted molar refractivity (Wildman–Crippen MR) is 61.5 cm³/mol. The molecule has 1 aromatic carbocycles. The van der Waals surface area contributed by atoms with E-state index in [0.717, 1.165) is 11.3 Å². The van der Waals surface area contributed by atoms with E-state index in [9.17, 15) is 4.79 Å². The Kier molecular flexibility index (Phi) is 2.41. The van der Waals surface area contributed by atoms with Crippen LogP contribution in [-0.2, 0) is 0 Å². The molecule has 0 spiro atoms. The van der Waals surface area contributed by atoms with E-state index in [1.54, 1.807) is 6.20 Å². The Morgan fingerprint density at radius 1 is 1.21 bits per heavy atom. The van der Waals surface area contributed by atoms with Crippen molar-refractivity contribution < 1.29 is 4.79 Å². The molecule has 1 aliphatic rings. The number of fused-ring (bicyclic) bond motifs is 1. The fourth-order valence-electron chi connectivity index (χ4n) is 1.39. The quantitative estimate of drug-likeness (QED) is 0.642. The number of benzene rings is 1. The van der Waals surface area contributed by atoms with Crippen molar-refractivity contribution in [2.45, 2.75) is 0 Å². The highest BCUT2D eigenvalue weighted by molar-refractivity contribution is 7.97. The number of anilines is 1. The highest BCUT2D eigenvalue weighted by atomic mass is 32.1. The summed E-state index contributed by atoms with van der Waals surface area (Å²) in [5, 5.41) is -0.280. The Hall–Kier alpha value is -1.48. The second-order valence-corrected chi connectivity index (χ2v) is 3.29. The second kappa shape index (κ2) is 3.72. The number of hydrogen-bond acceptors (Lipinski definition) is 1. The van der Waals surface area contributed by atoms with Gasteiger partial charge in [-0.1, -0.05) is 43.0 Å². The molecule has 70 valence electrons. The zero-order valence-electron chi connectivity index (χ0n) is 7.42. The van der Waals surface area contributed by atoms with Gasteiger partial charge in [-0.25, -0.2) is 0 Å². The number of para-hydroxylation sites is 1. The Morgan fingerprint density at radius 3 is 2.79 bits per heavy atom. The van der Waals surface area contributed by atoms with Crippen LogP contribution in [0.1, 0.15) is 5.56 Å². The van der Waals surface area contributed by atoms with Gasteiger partial charge in [0.1, 0.15) is 0 Å². The first-order chi connectivity index (χ1) is 6.79. The SMILES string of the molecule is O=C(S)N1C=CC=Cc2ccccc21. The van der Waals surface area contributed by atoms with Gasteiger partial charge in [-0.15, -0.1) is 0 Å². The van der Waals surface area contributed by atoms with E-state index in [2.05, 4.69) is 12.6 Å². The number of carbonyl (C=O) groups excluding carboxylic acids is 1. The molecule has 0 fully saturated rings. The molecule has 0 saturated heterocycles. The number of rotatable bonds is 0. The third-order valence-electron chi connectivity index (χ3n) is 2.02. The zero-order chi connectivity index (χ0) is 9.97. The van der Waals surface area contributed by atoms with Crippen LogP contribution < -0.4 is 4.90 Å². The number of nitrogens with zero attached hydrogens (tertiary/aromatic N) is 1. The summed E-state index contributed by atoms with van der Waals surface area (Å²) in [6.45, 7) is 0. The minimum atomic E-state index is -0.280. The van der Waals surface area contributed by atoms with Crippen LogP contribution in [0.15, 0.2) is 42.6 Å². The average Bonchev–Trinajstić information content (AvgIpc) is 2.39. The minimum absolute atomic E-state index is 0.280. The third kappa shape index (κ3) is 1.59. The topological polar surface area (TPSA) is 20.3 Å². The maximum Gasteiger partial charge on any atom is 0.287 e. The van der Waals surface area contributed by atoms with Gasteiger partial charge in [0.15, 0.2) is 0 Å². The zero-order valence-corrected chi connectivity index (χ0v) is 8.32. The van der Waals surface area contributed by atoms with E-state index in [1.807, 2.05) is 42.5 Å². The van der Waals surface area contributed by atoms with Gasteiger partial charge in [-0.3, -0.25) is 9.69 Å². The van der Waals surface area contributed by atoms with Crippen LogP contribution in [0.2, 0.25) is 0 Å². The molecule has 0 aliphatic carbocycles. The molecule has 0 aromatic heterocycles. The summed E-state index contributed by atoms with van der Waals surface area (Å²) >= 11 is 3.82. The molecule has 0 radical (unpaired) electrons. The first-order valence-corrected chi connectivity index (χ1v) is 4.70. The lowest BCUT2D eigenvalue weighted by molar-refractivity contribution is 0.267. The lowest BCUT2D eigenvalue weighted by Crippen LogP contribution is -2.18. The number of carbonyl (C=O) groups is 1.